The zero-order chi connectivity index (χ0) is 48.6. The number of esters is 3. The highest BCUT2D eigenvalue weighted by Crippen LogP contribution is 2.15. The highest BCUT2D eigenvalue weighted by molar-refractivity contribution is 5.71. The Kier molecular flexibility index (Phi) is 52.8. The van der Waals surface area contributed by atoms with E-state index in [-0.39, 0.29) is 31.1 Å². The van der Waals surface area contributed by atoms with Crippen LogP contribution in [0.3, 0.4) is 0 Å². The number of carbonyl (C=O) groups excluding carboxylic acids is 3. The lowest BCUT2D eigenvalue weighted by molar-refractivity contribution is -0.167. The monoisotopic (exact) mass is 935 g/mol. The summed E-state index contributed by atoms with van der Waals surface area (Å²) >= 11 is 0. The van der Waals surface area contributed by atoms with E-state index in [2.05, 4.69) is 93.7 Å². The molecule has 0 saturated heterocycles. The summed E-state index contributed by atoms with van der Waals surface area (Å²) in [5.41, 5.74) is 0. The Morgan fingerprint density at radius 2 is 0.582 bits per heavy atom. The molecule has 1 atom stereocenters. The van der Waals surface area contributed by atoms with Gasteiger partial charge < -0.3 is 14.2 Å². The second-order valence-corrected chi connectivity index (χ2v) is 18.8. The van der Waals surface area contributed by atoms with Gasteiger partial charge in [-0.3, -0.25) is 14.4 Å². The first kappa shape index (κ1) is 63.8. The fraction of sp³-hybridized carbons (Fsp3) is 0.754. The van der Waals surface area contributed by atoms with Crippen molar-refractivity contribution in [2.75, 3.05) is 13.2 Å². The second kappa shape index (κ2) is 55.4. The predicted molar refractivity (Wildman–Crippen MR) is 288 cm³/mol. The molecule has 1 unspecified atom stereocenters. The minimum atomic E-state index is -0.776. The van der Waals surface area contributed by atoms with Gasteiger partial charge in [-0.05, 0) is 89.9 Å². The lowest BCUT2D eigenvalue weighted by atomic mass is 10.0. The Morgan fingerprint density at radius 3 is 0.925 bits per heavy atom. The highest BCUT2D eigenvalue weighted by Gasteiger charge is 2.19. The fourth-order valence-corrected chi connectivity index (χ4v) is 7.93. The van der Waals surface area contributed by atoms with Gasteiger partial charge in [0, 0.05) is 19.3 Å². The van der Waals surface area contributed by atoms with Crippen LogP contribution < -0.4 is 0 Å². The zero-order valence-electron chi connectivity index (χ0n) is 44.2. The minimum absolute atomic E-state index is 0.0780. The Labute approximate surface area is 414 Å². The number of unbranched alkanes of at least 4 members (excludes halogenated alkanes) is 28. The van der Waals surface area contributed by atoms with Crippen LogP contribution in [0, 0.1) is 0 Å². The summed E-state index contributed by atoms with van der Waals surface area (Å²) in [6, 6.07) is 0. The van der Waals surface area contributed by atoms with Gasteiger partial charge in [0.25, 0.3) is 0 Å². The number of ether oxygens (including phenoxy) is 3. The van der Waals surface area contributed by atoms with Gasteiger partial charge in [0.2, 0.25) is 0 Å². The maximum atomic E-state index is 12.8. The van der Waals surface area contributed by atoms with E-state index in [0.29, 0.717) is 19.3 Å². The quantitative estimate of drug-likeness (QED) is 0.0262. The van der Waals surface area contributed by atoms with Gasteiger partial charge in [-0.25, -0.2) is 0 Å². The smallest absolute Gasteiger partial charge is 0.306 e. The van der Waals surface area contributed by atoms with Crippen molar-refractivity contribution in [1.29, 1.82) is 0 Å². The third kappa shape index (κ3) is 53.7. The van der Waals surface area contributed by atoms with E-state index in [1.807, 2.05) is 0 Å². The molecular formula is C61H106O6. The average Bonchev–Trinajstić information content (AvgIpc) is 3.33. The van der Waals surface area contributed by atoms with E-state index < -0.39 is 6.10 Å². The molecule has 0 bridgehead atoms. The molecule has 67 heavy (non-hydrogen) atoms. The summed E-state index contributed by atoms with van der Waals surface area (Å²) in [4.78, 5) is 37.9. The van der Waals surface area contributed by atoms with Crippen LogP contribution in [0.5, 0.6) is 0 Å². The Morgan fingerprint density at radius 1 is 0.313 bits per heavy atom. The standard InChI is InChI=1S/C61H106O6/c1-4-7-10-13-16-18-20-22-24-26-28-29-30-31-32-33-34-36-37-39-41-43-45-48-51-54-60(63)66-57-58(56-65-59(62)53-50-47-15-12-9-6-3)67-61(64)55-52-49-46-44-42-40-38-35-27-25-23-21-19-17-14-11-8-5-2/h7,10,16,18-19,21-22,24-25,27-29,58H,4-6,8-9,11-15,17,20,23,26,30-57H2,1-3H3/b10-7-,18-16-,21-19-,24-22-,27-25-,29-28-. The van der Waals surface area contributed by atoms with Crippen LogP contribution >= 0.6 is 0 Å². The number of rotatable bonds is 51. The van der Waals surface area contributed by atoms with E-state index in [1.54, 1.807) is 0 Å². The average molecular weight is 936 g/mol. The lowest BCUT2D eigenvalue weighted by Gasteiger charge is -2.18. The van der Waals surface area contributed by atoms with Crippen molar-refractivity contribution in [2.24, 2.45) is 0 Å². The summed E-state index contributed by atoms with van der Waals surface area (Å²) in [5.74, 6) is -0.891. The first-order chi connectivity index (χ1) is 33.0. The first-order valence-electron chi connectivity index (χ1n) is 28.4. The molecule has 0 spiro atoms. The molecule has 6 nitrogen and oxygen atoms in total. The molecule has 0 fully saturated rings. The molecule has 0 aliphatic heterocycles. The number of carbonyl (C=O) groups is 3. The topological polar surface area (TPSA) is 78.9 Å². The Balaban J connectivity index is 4.13. The molecule has 0 aromatic heterocycles. The van der Waals surface area contributed by atoms with Crippen LogP contribution in [-0.4, -0.2) is 37.2 Å². The molecule has 0 aromatic rings. The summed E-state index contributed by atoms with van der Waals surface area (Å²) in [6.07, 6.45) is 70.6. The molecule has 386 valence electrons. The first-order valence-corrected chi connectivity index (χ1v) is 28.4. The number of hydrogen-bond donors (Lipinski definition) is 0. The van der Waals surface area contributed by atoms with Gasteiger partial charge in [0.05, 0.1) is 0 Å². The summed E-state index contributed by atoms with van der Waals surface area (Å²) in [5, 5.41) is 0. The molecule has 0 rings (SSSR count). The maximum absolute atomic E-state index is 12.8. The number of allylic oxidation sites excluding steroid dienone is 12. The van der Waals surface area contributed by atoms with Crippen molar-refractivity contribution in [1.82, 2.24) is 0 Å². The summed E-state index contributed by atoms with van der Waals surface area (Å²) in [7, 11) is 0. The maximum Gasteiger partial charge on any atom is 0.306 e. The molecule has 0 aliphatic carbocycles. The zero-order valence-corrected chi connectivity index (χ0v) is 44.2. The van der Waals surface area contributed by atoms with E-state index in [0.717, 1.165) is 96.3 Å². The van der Waals surface area contributed by atoms with Crippen molar-refractivity contribution in [3.63, 3.8) is 0 Å². The molecule has 0 aromatic carbocycles. The molecule has 0 saturated carbocycles. The lowest BCUT2D eigenvalue weighted by Crippen LogP contribution is -2.30. The van der Waals surface area contributed by atoms with Crippen molar-refractivity contribution in [3.05, 3.63) is 72.9 Å². The molecule has 0 aliphatic rings. The third-order valence-corrected chi connectivity index (χ3v) is 12.2. The molecule has 0 radical (unpaired) electrons. The van der Waals surface area contributed by atoms with Crippen LogP contribution in [0.15, 0.2) is 72.9 Å². The summed E-state index contributed by atoms with van der Waals surface area (Å²) < 4.78 is 16.8. The van der Waals surface area contributed by atoms with Gasteiger partial charge in [-0.1, -0.05) is 241 Å². The van der Waals surface area contributed by atoms with Crippen LogP contribution in [0.4, 0.5) is 0 Å². The normalized spacial score (nSPS) is 12.6. The Bertz CT molecular complexity index is 1260. The van der Waals surface area contributed by atoms with Crippen molar-refractivity contribution in [2.45, 2.75) is 284 Å². The highest BCUT2D eigenvalue weighted by atomic mass is 16.6. The van der Waals surface area contributed by atoms with Crippen LogP contribution in [0.2, 0.25) is 0 Å². The van der Waals surface area contributed by atoms with E-state index in [4.69, 9.17) is 14.2 Å². The molecule has 0 heterocycles. The van der Waals surface area contributed by atoms with Gasteiger partial charge in [-0.15, -0.1) is 0 Å². The van der Waals surface area contributed by atoms with Gasteiger partial charge >= 0.3 is 17.9 Å². The van der Waals surface area contributed by atoms with Crippen molar-refractivity contribution in [3.8, 4) is 0 Å². The summed E-state index contributed by atoms with van der Waals surface area (Å²) in [6.45, 7) is 6.46. The number of hydrogen-bond acceptors (Lipinski definition) is 6. The van der Waals surface area contributed by atoms with Gasteiger partial charge in [0.1, 0.15) is 13.2 Å². The van der Waals surface area contributed by atoms with Crippen molar-refractivity contribution < 1.29 is 28.6 Å². The van der Waals surface area contributed by atoms with E-state index in [9.17, 15) is 14.4 Å². The molecular weight excluding hydrogens is 829 g/mol. The predicted octanol–water partition coefficient (Wildman–Crippen LogP) is 19.0. The Hall–Kier alpha value is -3.15. The largest absolute Gasteiger partial charge is 0.462 e. The van der Waals surface area contributed by atoms with Gasteiger partial charge in [-0.2, -0.15) is 0 Å². The fourth-order valence-electron chi connectivity index (χ4n) is 7.93. The van der Waals surface area contributed by atoms with Crippen LogP contribution in [0.25, 0.3) is 0 Å². The van der Waals surface area contributed by atoms with Gasteiger partial charge in [0.15, 0.2) is 6.10 Å². The molecule has 0 N–H and O–H groups in total. The second-order valence-electron chi connectivity index (χ2n) is 18.8. The molecule has 6 heteroatoms. The van der Waals surface area contributed by atoms with Crippen LogP contribution in [0.1, 0.15) is 278 Å². The minimum Gasteiger partial charge on any atom is -0.462 e. The van der Waals surface area contributed by atoms with Crippen LogP contribution in [-0.2, 0) is 28.6 Å². The SMILES string of the molecule is CC/C=C\C/C=C\C/C=C\C/C=C\CCCCCCCCCCCCCCC(=O)OCC(COC(=O)CCCCCCCC)OC(=O)CCCCCCCCC/C=C\C/C=C\CCCCCC. The van der Waals surface area contributed by atoms with E-state index in [1.165, 1.54) is 141 Å². The van der Waals surface area contributed by atoms with Crippen molar-refractivity contribution >= 4 is 17.9 Å². The molecule has 0 amide bonds. The third-order valence-electron chi connectivity index (χ3n) is 12.2. The van der Waals surface area contributed by atoms with E-state index >= 15 is 0 Å².